The minimum absolute atomic E-state index is 0.105. The average Bonchev–Trinajstić information content (AvgIpc) is 2.94. The van der Waals surface area contributed by atoms with E-state index in [1.54, 1.807) is 0 Å². The third-order valence-electron chi connectivity index (χ3n) is 8.58. The Balaban J connectivity index is 1.21. The van der Waals surface area contributed by atoms with Crippen LogP contribution in [0.15, 0.2) is 18.2 Å². The SMILES string of the molecule is Cc1ccc(C(=O)N2CCCN(C(=O)CC34CC5CC(CC(C5)C3)C4)CC2)cc1C. The van der Waals surface area contributed by atoms with E-state index in [0.29, 0.717) is 24.4 Å². The van der Waals surface area contributed by atoms with E-state index in [2.05, 4.69) is 18.7 Å². The largest absolute Gasteiger partial charge is 0.341 e. The first kappa shape index (κ1) is 20.1. The molecule has 1 aromatic rings. The summed E-state index contributed by atoms with van der Waals surface area (Å²) in [6.45, 7) is 7.00. The molecule has 4 bridgehead atoms. The fourth-order valence-electron chi connectivity index (χ4n) is 7.37. The lowest BCUT2D eigenvalue weighted by Gasteiger charge is -2.57. The van der Waals surface area contributed by atoms with Crippen molar-refractivity contribution in [3.05, 3.63) is 34.9 Å². The Morgan fingerprint density at radius 3 is 2.10 bits per heavy atom. The fourth-order valence-corrected chi connectivity index (χ4v) is 7.37. The predicted molar refractivity (Wildman–Crippen MR) is 118 cm³/mol. The summed E-state index contributed by atoms with van der Waals surface area (Å²) >= 11 is 0. The van der Waals surface area contributed by atoms with E-state index in [4.69, 9.17) is 0 Å². The number of aryl methyl sites for hydroxylation is 2. The number of nitrogens with zero attached hydrogens (tertiary/aromatic N) is 2. The van der Waals surface area contributed by atoms with E-state index in [1.165, 1.54) is 44.1 Å². The number of amides is 2. The highest BCUT2D eigenvalue weighted by Gasteiger charge is 2.51. The van der Waals surface area contributed by atoms with Gasteiger partial charge >= 0.3 is 0 Å². The minimum atomic E-state index is 0.105. The zero-order chi connectivity index (χ0) is 20.9. The summed E-state index contributed by atoms with van der Waals surface area (Å²) in [7, 11) is 0. The molecule has 4 heteroatoms. The van der Waals surface area contributed by atoms with E-state index in [9.17, 15) is 9.59 Å². The summed E-state index contributed by atoms with van der Waals surface area (Å²) in [4.78, 5) is 30.3. The van der Waals surface area contributed by atoms with Gasteiger partial charge in [0.05, 0.1) is 0 Å². The first-order valence-corrected chi connectivity index (χ1v) is 12.1. The molecule has 0 N–H and O–H groups in total. The summed E-state index contributed by atoms with van der Waals surface area (Å²) < 4.78 is 0. The lowest BCUT2D eigenvalue weighted by molar-refractivity contribution is -0.139. The minimum Gasteiger partial charge on any atom is -0.341 e. The van der Waals surface area contributed by atoms with Crippen LogP contribution in [0.25, 0.3) is 0 Å². The topological polar surface area (TPSA) is 40.6 Å². The lowest BCUT2D eigenvalue weighted by atomic mass is 9.49. The van der Waals surface area contributed by atoms with Gasteiger partial charge in [-0.1, -0.05) is 6.07 Å². The standard InChI is InChI=1S/C26H36N2O2/c1-18-4-5-23(10-19(18)2)25(30)28-7-3-6-27(8-9-28)24(29)17-26-14-20-11-21(15-26)13-22(12-20)16-26/h4-5,10,20-22H,3,6-9,11-17H2,1-2H3. The van der Waals surface area contributed by atoms with Crippen LogP contribution in [0.5, 0.6) is 0 Å². The number of carbonyl (C=O) groups is 2. The second-order valence-electron chi connectivity index (χ2n) is 10.9. The molecule has 4 aliphatic carbocycles. The number of rotatable bonds is 3. The zero-order valence-electron chi connectivity index (χ0n) is 18.7. The van der Waals surface area contributed by atoms with Crippen LogP contribution in [0.1, 0.15) is 72.9 Å². The van der Waals surface area contributed by atoms with Crippen molar-refractivity contribution in [3.8, 4) is 0 Å². The molecular weight excluding hydrogens is 372 g/mol. The molecular formula is C26H36N2O2. The molecule has 5 aliphatic rings. The monoisotopic (exact) mass is 408 g/mol. The molecule has 1 aromatic carbocycles. The highest BCUT2D eigenvalue weighted by Crippen LogP contribution is 2.61. The molecule has 4 saturated carbocycles. The lowest BCUT2D eigenvalue weighted by Crippen LogP contribution is -2.48. The van der Waals surface area contributed by atoms with E-state index >= 15 is 0 Å². The van der Waals surface area contributed by atoms with Gasteiger partial charge < -0.3 is 9.80 Å². The van der Waals surface area contributed by atoms with Gasteiger partial charge in [0.1, 0.15) is 0 Å². The van der Waals surface area contributed by atoms with Gasteiger partial charge in [-0.3, -0.25) is 9.59 Å². The van der Waals surface area contributed by atoms with Gasteiger partial charge in [-0.05, 0) is 105 Å². The molecule has 162 valence electrons. The molecule has 0 radical (unpaired) electrons. The first-order chi connectivity index (χ1) is 14.4. The Morgan fingerprint density at radius 1 is 0.867 bits per heavy atom. The second-order valence-corrected chi connectivity index (χ2v) is 10.9. The number of hydrogen-bond acceptors (Lipinski definition) is 2. The van der Waals surface area contributed by atoms with Crippen molar-refractivity contribution in [1.29, 1.82) is 0 Å². The summed E-state index contributed by atoms with van der Waals surface area (Å²) in [5, 5.41) is 0. The van der Waals surface area contributed by atoms with Crippen molar-refractivity contribution in [2.24, 2.45) is 23.2 Å². The van der Waals surface area contributed by atoms with Crippen LogP contribution in [0.3, 0.4) is 0 Å². The maximum atomic E-state index is 13.3. The van der Waals surface area contributed by atoms with Crippen molar-refractivity contribution in [2.45, 2.75) is 65.2 Å². The van der Waals surface area contributed by atoms with Gasteiger partial charge in [0, 0.05) is 38.2 Å². The quantitative estimate of drug-likeness (QED) is 0.734. The Hall–Kier alpha value is -1.84. The number of hydrogen-bond donors (Lipinski definition) is 0. The van der Waals surface area contributed by atoms with Crippen LogP contribution in [-0.4, -0.2) is 47.8 Å². The summed E-state index contributed by atoms with van der Waals surface area (Å²) in [5.74, 6) is 3.11. The maximum absolute atomic E-state index is 13.3. The van der Waals surface area contributed by atoms with Crippen molar-refractivity contribution < 1.29 is 9.59 Å². The van der Waals surface area contributed by atoms with E-state index in [-0.39, 0.29) is 5.91 Å². The van der Waals surface area contributed by atoms with Crippen LogP contribution in [0.2, 0.25) is 0 Å². The fraction of sp³-hybridized carbons (Fsp3) is 0.692. The average molecular weight is 409 g/mol. The third-order valence-corrected chi connectivity index (χ3v) is 8.58. The van der Waals surface area contributed by atoms with E-state index in [0.717, 1.165) is 54.8 Å². The van der Waals surface area contributed by atoms with Gasteiger partial charge in [-0.2, -0.15) is 0 Å². The Kier molecular flexibility index (Phi) is 5.15. The van der Waals surface area contributed by atoms with Crippen molar-refractivity contribution in [2.75, 3.05) is 26.2 Å². The normalized spacial score (nSPS) is 32.9. The number of carbonyl (C=O) groups excluding carboxylic acids is 2. The van der Waals surface area contributed by atoms with Crippen LogP contribution in [0, 0.1) is 37.0 Å². The zero-order valence-corrected chi connectivity index (χ0v) is 18.7. The molecule has 0 unspecified atom stereocenters. The molecule has 1 aliphatic heterocycles. The molecule has 30 heavy (non-hydrogen) atoms. The van der Waals surface area contributed by atoms with Crippen LogP contribution < -0.4 is 0 Å². The number of benzene rings is 1. The summed E-state index contributed by atoms with van der Waals surface area (Å²) in [6.07, 6.45) is 9.76. The molecule has 4 nitrogen and oxygen atoms in total. The van der Waals surface area contributed by atoms with Gasteiger partial charge in [-0.25, -0.2) is 0 Å². The maximum Gasteiger partial charge on any atom is 0.253 e. The predicted octanol–water partition coefficient (Wildman–Crippen LogP) is 4.58. The smallest absolute Gasteiger partial charge is 0.253 e. The molecule has 1 saturated heterocycles. The van der Waals surface area contributed by atoms with Crippen LogP contribution in [0.4, 0.5) is 0 Å². The molecule has 1 heterocycles. The van der Waals surface area contributed by atoms with Crippen LogP contribution >= 0.6 is 0 Å². The van der Waals surface area contributed by atoms with E-state index in [1.807, 2.05) is 23.1 Å². The second kappa shape index (κ2) is 7.69. The molecule has 6 rings (SSSR count). The van der Waals surface area contributed by atoms with Gasteiger partial charge in [0.15, 0.2) is 0 Å². The summed E-state index contributed by atoms with van der Waals surface area (Å²) in [5.41, 5.74) is 3.44. The van der Waals surface area contributed by atoms with E-state index < -0.39 is 0 Å². The third kappa shape index (κ3) is 3.78. The summed E-state index contributed by atoms with van der Waals surface area (Å²) in [6, 6.07) is 5.96. The van der Waals surface area contributed by atoms with Gasteiger partial charge in [-0.15, -0.1) is 0 Å². The Morgan fingerprint density at radius 2 is 1.47 bits per heavy atom. The van der Waals surface area contributed by atoms with Crippen molar-refractivity contribution in [1.82, 2.24) is 9.80 Å². The first-order valence-electron chi connectivity index (χ1n) is 12.1. The van der Waals surface area contributed by atoms with Gasteiger partial charge in [0.2, 0.25) is 5.91 Å². The highest BCUT2D eigenvalue weighted by atomic mass is 16.2. The van der Waals surface area contributed by atoms with Crippen LogP contribution in [-0.2, 0) is 4.79 Å². The Labute approximate surface area is 181 Å². The van der Waals surface area contributed by atoms with Crippen molar-refractivity contribution in [3.63, 3.8) is 0 Å². The molecule has 0 aromatic heterocycles. The Bertz CT molecular complexity index is 810. The molecule has 5 fully saturated rings. The molecule has 2 amide bonds. The highest BCUT2D eigenvalue weighted by molar-refractivity contribution is 5.94. The molecule has 0 spiro atoms. The van der Waals surface area contributed by atoms with Gasteiger partial charge in [0.25, 0.3) is 5.91 Å². The molecule has 0 atom stereocenters. The van der Waals surface area contributed by atoms with Crippen molar-refractivity contribution >= 4 is 11.8 Å².